The predicted molar refractivity (Wildman–Crippen MR) is 24.9 cm³/mol. The molecule has 0 saturated carbocycles. The highest BCUT2D eigenvalue weighted by atomic mass is 16.5. The van der Waals surface area contributed by atoms with E-state index in [1.807, 2.05) is 0 Å². The Balaban J connectivity index is 2.54. The van der Waals surface area contributed by atoms with Gasteiger partial charge in [-0.15, -0.1) is 0 Å². The quantitative estimate of drug-likeness (QED) is 0.506. The molecule has 42 valence electrons. The molecular weight excluding hydrogens is 106 g/mol. The van der Waals surface area contributed by atoms with E-state index in [9.17, 15) is 0 Å². The van der Waals surface area contributed by atoms with Crippen molar-refractivity contribution in [2.24, 2.45) is 0 Å². The van der Waals surface area contributed by atoms with E-state index in [0.717, 1.165) is 11.4 Å². The van der Waals surface area contributed by atoms with E-state index < -0.39 is 0 Å². The minimum atomic E-state index is 0.617. The van der Waals surface area contributed by atoms with Crippen molar-refractivity contribution in [2.75, 3.05) is 0 Å². The monoisotopic (exact) mass is 111 g/mol. The number of rotatable bonds is 0. The molecule has 4 nitrogen and oxygen atoms in total. The smallest absolute Gasteiger partial charge is 0.114 e. The molecule has 0 spiro atoms. The molecule has 1 N–H and O–H groups in total. The van der Waals surface area contributed by atoms with Crippen LogP contribution in [-0.4, -0.2) is 15.4 Å². The number of ether oxygens (including phenoxy) is 1. The molecule has 0 atom stereocenters. The Morgan fingerprint density at radius 2 is 1.88 bits per heavy atom. The van der Waals surface area contributed by atoms with Crippen LogP contribution in [0.5, 0.6) is 0 Å². The minimum Gasteiger partial charge on any atom is -0.369 e. The Morgan fingerprint density at radius 1 is 1.25 bits per heavy atom. The van der Waals surface area contributed by atoms with Crippen molar-refractivity contribution in [3.8, 4) is 0 Å². The molecule has 0 radical (unpaired) electrons. The lowest BCUT2D eigenvalue weighted by atomic mass is 10.4. The standard InChI is InChI=1S/C4H5N3O/c1-3-4(2-8-1)6-7-5-3/h1-2H2,(H,5,6,7). The highest BCUT2D eigenvalue weighted by molar-refractivity contribution is 5.08. The van der Waals surface area contributed by atoms with Crippen LogP contribution >= 0.6 is 0 Å². The van der Waals surface area contributed by atoms with Crippen LogP contribution in [0.15, 0.2) is 0 Å². The fourth-order valence-corrected chi connectivity index (χ4v) is 0.750. The number of aromatic nitrogens is 3. The first-order valence-corrected chi connectivity index (χ1v) is 2.43. The van der Waals surface area contributed by atoms with Crippen LogP contribution in [0.1, 0.15) is 11.4 Å². The number of aromatic amines is 1. The Hall–Kier alpha value is -0.900. The number of nitrogens with zero attached hydrogens (tertiary/aromatic N) is 2. The molecule has 0 bridgehead atoms. The summed E-state index contributed by atoms with van der Waals surface area (Å²) in [6.45, 7) is 1.23. The van der Waals surface area contributed by atoms with Gasteiger partial charge in [0.05, 0.1) is 13.2 Å². The van der Waals surface area contributed by atoms with E-state index in [2.05, 4.69) is 15.4 Å². The van der Waals surface area contributed by atoms with Crippen molar-refractivity contribution in [2.45, 2.75) is 13.2 Å². The largest absolute Gasteiger partial charge is 0.369 e. The van der Waals surface area contributed by atoms with Crippen LogP contribution < -0.4 is 0 Å². The first-order valence-electron chi connectivity index (χ1n) is 2.43. The fourth-order valence-electron chi connectivity index (χ4n) is 0.750. The molecule has 4 heteroatoms. The predicted octanol–water partition coefficient (Wildman–Crippen LogP) is -0.165. The fraction of sp³-hybridized carbons (Fsp3) is 0.500. The van der Waals surface area contributed by atoms with Crippen molar-refractivity contribution < 1.29 is 4.74 Å². The number of hydrogen-bond donors (Lipinski definition) is 1. The van der Waals surface area contributed by atoms with E-state index in [4.69, 9.17) is 4.74 Å². The molecule has 0 unspecified atom stereocenters. The number of hydrogen-bond acceptors (Lipinski definition) is 3. The van der Waals surface area contributed by atoms with Crippen LogP contribution in [0.25, 0.3) is 0 Å². The zero-order valence-corrected chi connectivity index (χ0v) is 4.22. The Kier molecular flexibility index (Phi) is 0.648. The Labute approximate surface area is 45.9 Å². The first-order chi connectivity index (χ1) is 3.97. The highest BCUT2D eigenvalue weighted by Gasteiger charge is 2.13. The summed E-state index contributed by atoms with van der Waals surface area (Å²) < 4.78 is 5.01. The maximum Gasteiger partial charge on any atom is 0.114 e. The minimum absolute atomic E-state index is 0.617. The average molecular weight is 111 g/mol. The molecule has 1 aliphatic rings. The summed E-state index contributed by atoms with van der Waals surface area (Å²) in [6.07, 6.45) is 0. The Morgan fingerprint density at radius 3 is 2.50 bits per heavy atom. The second kappa shape index (κ2) is 1.29. The van der Waals surface area contributed by atoms with Crippen LogP contribution in [0.3, 0.4) is 0 Å². The molecule has 1 aromatic heterocycles. The number of nitrogens with one attached hydrogen (secondary N) is 1. The van der Waals surface area contributed by atoms with Gasteiger partial charge in [-0.2, -0.15) is 15.4 Å². The first kappa shape index (κ1) is 4.03. The van der Waals surface area contributed by atoms with Gasteiger partial charge in [-0.3, -0.25) is 0 Å². The van der Waals surface area contributed by atoms with Gasteiger partial charge in [-0.05, 0) is 0 Å². The zero-order valence-electron chi connectivity index (χ0n) is 4.22. The second-order valence-electron chi connectivity index (χ2n) is 1.71. The van der Waals surface area contributed by atoms with Crippen molar-refractivity contribution in [3.63, 3.8) is 0 Å². The van der Waals surface area contributed by atoms with Crippen molar-refractivity contribution >= 4 is 0 Å². The summed E-state index contributed by atoms with van der Waals surface area (Å²) in [4.78, 5) is 0. The molecule has 0 amide bonds. The summed E-state index contributed by atoms with van der Waals surface area (Å²) in [5.41, 5.74) is 1.90. The van der Waals surface area contributed by atoms with E-state index in [1.165, 1.54) is 0 Å². The molecule has 2 heterocycles. The molecule has 0 aromatic carbocycles. The van der Waals surface area contributed by atoms with Gasteiger partial charge >= 0.3 is 0 Å². The Bertz CT molecular complexity index is 176. The van der Waals surface area contributed by atoms with Gasteiger partial charge in [0, 0.05) is 0 Å². The summed E-state index contributed by atoms with van der Waals surface area (Å²) in [7, 11) is 0. The van der Waals surface area contributed by atoms with Gasteiger partial charge in [-0.1, -0.05) is 0 Å². The van der Waals surface area contributed by atoms with E-state index >= 15 is 0 Å². The van der Waals surface area contributed by atoms with E-state index in [-0.39, 0.29) is 0 Å². The third-order valence-electron chi connectivity index (χ3n) is 1.18. The normalized spacial score (nSPS) is 16.5. The summed E-state index contributed by atoms with van der Waals surface area (Å²) in [5, 5.41) is 10.2. The molecule has 0 fully saturated rings. The van der Waals surface area contributed by atoms with Gasteiger partial charge in [-0.25, -0.2) is 0 Å². The lowest BCUT2D eigenvalue weighted by Crippen LogP contribution is -1.81. The van der Waals surface area contributed by atoms with Gasteiger partial charge < -0.3 is 4.74 Å². The third-order valence-corrected chi connectivity index (χ3v) is 1.18. The molecule has 1 aliphatic heterocycles. The van der Waals surface area contributed by atoms with Gasteiger partial charge in [0.1, 0.15) is 11.4 Å². The summed E-state index contributed by atoms with van der Waals surface area (Å²) in [6, 6.07) is 0. The van der Waals surface area contributed by atoms with Gasteiger partial charge in [0.2, 0.25) is 0 Å². The molecular formula is C4H5N3O. The maximum absolute atomic E-state index is 5.01. The van der Waals surface area contributed by atoms with Gasteiger partial charge in [0.25, 0.3) is 0 Å². The lowest BCUT2D eigenvalue weighted by Gasteiger charge is -1.81. The van der Waals surface area contributed by atoms with Crippen LogP contribution in [-0.2, 0) is 18.0 Å². The topological polar surface area (TPSA) is 50.8 Å². The van der Waals surface area contributed by atoms with Crippen molar-refractivity contribution in [1.29, 1.82) is 0 Å². The van der Waals surface area contributed by atoms with Crippen LogP contribution in [0, 0.1) is 0 Å². The molecule has 2 rings (SSSR count). The average Bonchev–Trinajstić information content (AvgIpc) is 2.15. The van der Waals surface area contributed by atoms with Crippen LogP contribution in [0.4, 0.5) is 0 Å². The second-order valence-corrected chi connectivity index (χ2v) is 1.71. The summed E-state index contributed by atoms with van der Waals surface area (Å²) in [5.74, 6) is 0. The van der Waals surface area contributed by atoms with Crippen LogP contribution in [0.2, 0.25) is 0 Å². The zero-order chi connectivity index (χ0) is 5.40. The van der Waals surface area contributed by atoms with Crippen molar-refractivity contribution in [3.05, 3.63) is 11.4 Å². The van der Waals surface area contributed by atoms with E-state index in [1.54, 1.807) is 0 Å². The lowest BCUT2D eigenvalue weighted by molar-refractivity contribution is 0.129. The molecule has 0 saturated heterocycles. The number of H-pyrrole nitrogens is 1. The summed E-state index contributed by atoms with van der Waals surface area (Å²) >= 11 is 0. The third kappa shape index (κ3) is 0.376. The molecule has 1 aromatic rings. The van der Waals surface area contributed by atoms with Crippen molar-refractivity contribution in [1.82, 2.24) is 15.4 Å². The highest BCUT2D eigenvalue weighted by Crippen LogP contribution is 2.11. The maximum atomic E-state index is 5.01. The number of fused-ring (bicyclic) bond motifs is 1. The van der Waals surface area contributed by atoms with Gasteiger partial charge in [0.15, 0.2) is 0 Å². The molecule has 0 aliphatic carbocycles. The molecule has 8 heavy (non-hydrogen) atoms. The SMILES string of the molecule is C1OCc2n[nH]nc21. The van der Waals surface area contributed by atoms with E-state index in [0.29, 0.717) is 13.2 Å².